The molecule has 2 atom stereocenters. The van der Waals surface area contributed by atoms with Crippen LogP contribution in [0.15, 0.2) is 18.2 Å². The summed E-state index contributed by atoms with van der Waals surface area (Å²) in [7, 11) is 0. The number of hydrogen-bond acceptors (Lipinski definition) is 4. The monoisotopic (exact) mass is 312 g/mol. The summed E-state index contributed by atoms with van der Waals surface area (Å²) in [6, 6.07) is 3.92. The van der Waals surface area contributed by atoms with Gasteiger partial charge in [0.15, 0.2) is 0 Å². The van der Waals surface area contributed by atoms with Gasteiger partial charge in [-0.15, -0.1) is 0 Å². The van der Waals surface area contributed by atoms with Crippen LogP contribution < -0.4 is 5.32 Å². The standard InChI is InChI=1S/C14H17ClN2O4/c1-9(7-11-3-2-6-21-11)16-14(18)10-4-5-13(17(19)20)12(15)8-10/h4-5,8-9,11H,2-3,6-7H2,1H3,(H,16,18)/t9-,11+/m1/s1. The van der Waals surface area contributed by atoms with Gasteiger partial charge in [-0.1, -0.05) is 11.6 Å². The van der Waals surface area contributed by atoms with E-state index in [1.54, 1.807) is 0 Å². The average Bonchev–Trinajstić information content (AvgIpc) is 2.90. The van der Waals surface area contributed by atoms with Crippen LogP contribution in [0.3, 0.4) is 0 Å². The van der Waals surface area contributed by atoms with E-state index in [1.807, 2.05) is 6.92 Å². The highest BCUT2D eigenvalue weighted by Crippen LogP contribution is 2.25. The van der Waals surface area contributed by atoms with E-state index in [4.69, 9.17) is 16.3 Å². The van der Waals surface area contributed by atoms with E-state index < -0.39 is 4.92 Å². The molecule has 21 heavy (non-hydrogen) atoms. The number of carbonyl (C=O) groups is 1. The van der Waals surface area contributed by atoms with Gasteiger partial charge in [0.1, 0.15) is 5.02 Å². The summed E-state index contributed by atoms with van der Waals surface area (Å²) in [4.78, 5) is 22.2. The molecule has 0 spiro atoms. The quantitative estimate of drug-likeness (QED) is 0.669. The molecule has 114 valence electrons. The third kappa shape index (κ3) is 4.15. The van der Waals surface area contributed by atoms with Crippen molar-refractivity contribution >= 4 is 23.2 Å². The van der Waals surface area contributed by atoms with Gasteiger partial charge in [-0.05, 0) is 38.3 Å². The van der Waals surface area contributed by atoms with E-state index >= 15 is 0 Å². The zero-order valence-electron chi connectivity index (χ0n) is 11.7. The summed E-state index contributed by atoms with van der Waals surface area (Å²) < 4.78 is 5.52. The number of hydrogen-bond donors (Lipinski definition) is 1. The number of nitrogens with zero attached hydrogens (tertiary/aromatic N) is 1. The fourth-order valence-corrected chi connectivity index (χ4v) is 2.64. The van der Waals surface area contributed by atoms with Crippen molar-refractivity contribution in [2.24, 2.45) is 0 Å². The largest absolute Gasteiger partial charge is 0.378 e. The minimum atomic E-state index is -0.579. The Balaban J connectivity index is 1.96. The molecule has 0 aliphatic carbocycles. The van der Waals surface area contributed by atoms with Crippen LogP contribution in [-0.4, -0.2) is 29.6 Å². The van der Waals surface area contributed by atoms with E-state index in [9.17, 15) is 14.9 Å². The Hall–Kier alpha value is -1.66. The molecule has 7 heteroatoms. The number of benzene rings is 1. The van der Waals surface area contributed by atoms with E-state index in [-0.39, 0.29) is 28.8 Å². The number of rotatable bonds is 5. The van der Waals surface area contributed by atoms with Crippen molar-refractivity contribution in [2.75, 3.05) is 6.61 Å². The number of carbonyl (C=O) groups excluding carboxylic acids is 1. The van der Waals surface area contributed by atoms with Gasteiger partial charge in [-0.3, -0.25) is 14.9 Å². The molecule has 1 N–H and O–H groups in total. The number of nitro benzene ring substituents is 1. The Kier molecular flexibility index (Phi) is 5.14. The zero-order chi connectivity index (χ0) is 15.4. The van der Waals surface area contributed by atoms with Gasteiger partial charge in [0.05, 0.1) is 11.0 Å². The molecule has 1 saturated heterocycles. The van der Waals surface area contributed by atoms with Crippen LogP contribution in [0, 0.1) is 10.1 Å². The van der Waals surface area contributed by atoms with Gasteiger partial charge in [-0.2, -0.15) is 0 Å². The fraction of sp³-hybridized carbons (Fsp3) is 0.500. The second-order valence-electron chi connectivity index (χ2n) is 5.17. The predicted octanol–water partition coefficient (Wildman–Crippen LogP) is 2.94. The van der Waals surface area contributed by atoms with Crippen LogP contribution in [0.1, 0.15) is 36.5 Å². The highest BCUT2D eigenvalue weighted by atomic mass is 35.5. The van der Waals surface area contributed by atoms with Gasteiger partial charge < -0.3 is 10.1 Å². The Bertz CT molecular complexity index is 544. The van der Waals surface area contributed by atoms with Crippen molar-refractivity contribution in [3.05, 3.63) is 38.9 Å². The molecule has 1 heterocycles. The lowest BCUT2D eigenvalue weighted by Gasteiger charge is -2.17. The molecule has 0 saturated carbocycles. The van der Waals surface area contributed by atoms with Crippen molar-refractivity contribution < 1.29 is 14.5 Å². The van der Waals surface area contributed by atoms with Crippen LogP contribution >= 0.6 is 11.6 Å². The van der Waals surface area contributed by atoms with Crippen LogP contribution in [0.25, 0.3) is 0 Å². The molecular formula is C14H17ClN2O4. The molecule has 0 aromatic heterocycles. The molecule has 1 aliphatic heterocycles. The molecular weight excluding hydrogens is 296 g/mol. The smallest absolute Gasteiger partial charge is 0.287 e. The molecule has 0 radical (unpaired) electrons. The van der Waals surface area contributed by atoms with E-state index in [2.05, 4.69) is 5.32 Å². The van der Waals surface area contributed by atoms with Gasteiger partial charge >= 0.3 is 0 Å². The first-order chi connectivity index (χ1) is 9.97. The van der Waals surface area contributed by atoms with E-state index in [0.29, 0.717) is 5.56 Å². The number of nitrogens with one attached hydrogen (secondary N) is 1. The Morgan fingerprint density at radius 2 is 2.38 bits per heavy atom. The molecule has 1 amide bonds. The van der Waals surface area contributed by atoms with Crippen molar-refractivity contribution in [3.63, 3.8) is 0 Å². The summed E-state index contributed by atoms with van der Waals surface area (Å²) in [5.41, 5.74) is 0.102. The molecule has 1 aliphatic rings. The van der Waals surface area contributed by atoms with Gasteiger partial charge in [0.2, 0.25) is 0 Å². The van der Waals surface area contributed by atoms with Crippen LogP contribution in [0.4, 0.5) is 5.69 Å². The molecule has 0 unspecified atom stereocenters. The first-order valence-corrected chi connectivity index (χ1v) is 7.21. The van der Waals surface area contributed by atoms with Crippen LogP contribution in [0.5, 0.6) is 0 Å². The maximum Gasteiger partial charge on any atom is 0.287 e. The second-order valence-corrected chi connectivity index (χ2v) is 5.58. The van der Waals surface area contributed by atoms with Crippen molar-refractivity contribution in [1.29, 1.82) is 0 Å². The summed E-state index contributed by atoms with van der Waals surface area (Å²) in [6.45, 7) is 2.69. The first kappa shape index (κ1) is 15.7. The van der Waals surface area contributed by atoms with Gasteiger partial charge in [0, 0.05) is 24.3 Å². The van der Waals surface area contributed by atoms with Crippen LogP contribution in [0.2, 0.25) is 5.02 Å². The minimum absolute atomic E-state index is 0.0328. The third-order valence-electron chi connectivity index (χ3n) is 3.42. The molecule has 6 nitrogen and oxygen atoms in total. The van der Waals surface area contributed by atoms with E-state index in [1.165, 1.54) is 18.2 Å². The molecule has 2 rings (SSSR count). The fourth-order valence-electron chi connectivity index (χ4n) is 2.39. The second kappa shape index (κ2) is 6.87. The zero-order valence-corrected chi connectivity index (χ0v) is 12.4. The minimum Gasteiger partial charge on any atom is -0.378 e. The van der Waals surface area contributed by atoms with Crippen molar-refractivity contribution in [2.45, 2.75) is 38.3 Å². The lowest BCUT2D eigenvalue weighted by molar-refractivity contribution is -0.384. The molecule has 1 fully saturated rings. The van der Waals surface area contributed by atoms with Crippen LogP contribution in [-0.2, 0) is 4.74 Å². The average molecular weight is 313 g/mol. The lowest BCUT2D eigenvalue weighted by Crippen LogP contribution is -2.35. The van der Waals surface area contributed by atoms with Crippen molar-refractivity contribution in [3.8, 4) is 0 Å². The Labute approximate surface area is 127 Å². The summed E-state index contributed by atoms with van der Waals surface area (Å²) in [5.74, 6) is -0.294. The predicted molar refractivity (Wildman–Crippen MR) is 78.6 cm³/mol. The summed E-state index contributed by atoms with van der Waals surface area (Å²) in [5, 5.41) is 13.5. The summed E-state index contributed by atoms with van der Waals surface area (Å²) in [6.07, 6.45) is 3.03. The number of halogens is 1. The maximum absolute atomic E-state index is 12.1. The van der Waals surface area contributed by atoms with Gasteiger partial charge in [0.25, 0.3) is 11.6 Å². The number of amides is 1. The molecule has 1 aromatic carbocycles. The highest BCUT2D eigenvalue weighted by Gasteiger charge is 2.21. The van der Waals surface area contributed by atoms with Gasteiger partial charge in [-0.25, -0.2) is 0 Å². The SMILES string of the molecule is C[C@H](C[C@@H]1CCCO1)NC(=O)c1ccc([N+](=O)[O-])c(Cl)c1. The lowest BCUT2D eigenvalue weighted by atomic mass is 10.1. The molecule has 1 aromatic rings. The highest BCUT2D eigenvalue weighted by molar-refractivity contribution is 6.33. The number of ether oxygens (including phenoxy) is 1. The van der Waals surface area contributed by atoms with E-state index in [0.717, 1.165) is 25.9 Å². The van der Waals surface area contributed by atoms with Crippen molar-refractivity contribution in [1.82, 2.24) is 5.32 Å². The Morgan fingerprint density at radius 1 is 1.62 bits per heavy atom. The topological polar surface area (TPSA) is 81.5 Å². The maximum atomic E-state index is 12.1. The third-order valence-corrected chi connectivity index (χ3v) is 3.73. The first-order valence-electron chi connectivity index (χ1n) is 6.84. The summed E-state index contributed by atoms with van der Waals surface area (Å²) >= 11 is 5.80. The number of nitro groups is 1. The Morgan fingerprint density at radius 3 is 2.95 bits per heavy atom. The molecule has 0 bridgehead atoms. The normalized spacial score (nSPS) is 19.2.